The van der Waals surface area contributed by atoms with Crippen LogP contribution in [0.15, 0.2) is 12.1 Å². The molecule has 15 heavy (non-hydrogen) atoms. The van der Waals surface area contributed by atoms with Gasteiger partial charge in [-0.3, -0.25) is 0 Å². The van der Waals surface area contributed by atoms with Crippen LogP contribution in [0.1, 0.15) is 36.1 Å². The van der Waals surface area contributed by atoms with Crippen LogP contribution in [-0.2, 0) is 6.54 Å². The van der Waals surface area contributed by atoms with Crippen LogP contribution in [-0.4, -0.2) is 6.54 Å². The summed E-state index contributed by atoms with van der Waals surface area (Å²) in [6.45, 7) is 13.1. The molecule has 0 bridgehead atoms. The molecule has 0 saturated heterocycles. The van der Waals surface area contributed by atoms with Gasteiger partial charge < -0.3 is 5.32 Å². The van der Waals surface area contributed by atoms with E-state index in [2.05, 4.69) is 52.1 Å². The highest BCUT2D eigenvalue weighted by atomic mass is 14.8. The van der Waals surface area contributed by atoms with E-state index in [1.165, 1.54) is 22.3 Å². The molecule has 1 aromatic carbocycles. The molecular formula is C14H23N. The first kappa shape index (κ1) is 12.3. The summed E-state index contributed by atoms with van der Waals surface area (Å²) in [5.74, 6) is 0.719. The van der Waals surface area contributed by atoms with Gasteiger partial charge in [-0.15, -0.1) is 0 Å². The van der Waals surface area contributed by atoms with Crippen molar-refractivity contribution in [1.82, 2.24) is 5.32 Å². The van der Waals surface area contributed by atoms with Crippen molar-refractivity contribution in [2.75, 3.05) is 6.54 Å². The van der Waals surface area contributed by atoms with Crippen LogP contribution in [0, 0.1) is 26.7 Å². The minimum Gasteiger partial charge on any atom is -0.312 e. The van der Waals surface area contributed by atoms with E-state index in [0.29, 0.717) is 0 Å². The number of aryl methyl sites for hydroxylation is 3. The van der Waals surface area contributed by atoms with E-state index in [1.54, 1.807) is 0 Å². The van der Waals surface area contributed by atoms with Crippen molar-refractivity contribution in [2.45, 2.75) is 41.2 Å². The Kier molecular flexibility index (Phi) is 4.34. The predicted molar refractivity (Wildman–Crippen MR) is 67.2 cm³/mol. The van der Waals surface area contributed by atoms with Gasteiger partial charge in [0.15, 0.2) is 0 Å². The van der Waals surface area contributed by atoms with Crippen LogP contribution >= 0.6 is 0 Å². The highest BCUT2D eigenvalue weighted by Crippen LogP contribution is 2.15. The molecule has 0 heterocycles. The van der Waals surface area contributed by atoms with Gasteiger partial charge in [0.25, 0.3) is 0 Å². The van der Waals surface area contributed by atoms with E-state index in [1.807, 2.05) is 0 Å². The van der Waals surface area contributed by atoms with Gasteiger partial charge in [0, 0.05) is 6.54 Å². The summed E-state index contributed by atoms with van der Waals surface area (Å²) in [6.07, 6.45) is 0. The lowest BCUT2D eigenvalue weighted by Gasteiger charge is -2.12. The Morgan fingerprint density at radius 2 is 1.60 bits per heavy atom. The summed E-state index contributed by atoms with van der Waals surface area (Å²) in [6, 6.07) is 4.58. The Morgan fingerprint density at radius 1 is 1.00 bits per heavy atom. The van der Waals surface area contributed by atoms with Crippen LogP contribution in [0.5, 0.6) is 0 Å². The second-order valence-electron chi connectivity index (χ2n) is 4.89. The Hall–Kier alpha value is -0.820. The van der Waals surface area contributed by atoms with Crippen LogP contribution < -0.4 is 5.32 Å². The fourth-order valence-corrected chi connectivity index (χ4v) is 1.71. The molecule has 0 fully saturated rings. The highest BCUT2D eigenvalue weighted by Gasteiger charge is 2.01. The number of hydrogen-bond donors (Lipinski definition) is 1. The molecule has 0 aliphatic heterocycles. The maximum atomic E-state index is 3.49. The summed E-state index contributed by atoms with van der Waals surface area (Å²) in [4.78, 5) is 0. The van der Waals surface area contributed by atoms with Gasteiger partial charge in [-0.05, 0) is 55.5 Å². The maximum Gasteiger partial charge on any atom is 0.0208 e. The van der Waals surface area contributed by atoms with Crippen molar-refractivity contribution in [3.63, 3.8) is 0 Å². The van der Waals surface area contributed by atoms with Gasteiger partial charge in [-0.1, -0.05) is 26.0 Å². The topological polar surface area (TPSA) is 12.0 Å². The van der Waals surface area contributed by atoms with Crippen LogP contribution in [0.25, 0.3) is 0 Å². The number of hydrogen-bond acceptors (Lipinski definition) is 1. The van der Waals surface area contributed by atoms with Gasteiger partial charge in [0.1, 0.15) is 0 Å². The molecule has 1 aromatic rings. The van der Waals surface area contributed by atoms with E-state index < -0.39 is 0 Å². The number of benzene rings is 1. The van der Waals surface area contributed by atoms with E-state index >= 15 is 0 Å². The van der Waals surface area contributed by atoms with Crippen LogP contribution in [0.4, 0.5) is 0 Å². The zero-order valence-electron chi connectivity index (χ0n) is 10.6. The smallest absolute Gasteiger partial charge is 0.0208 e. The minimum absolute atomic E-state index is 0.719. The fraction of sp³-hybridized carbons (Fsp3) is 0.571. The number of nitrogens with one attached hydrogen (secondary N) is 1. The monoisotopic (exact) mass is 205 g/mol. The second-order valence-corrected chi connectivity index (χ2v) is 4.89. The van der Waals surface area contributed by atoms with E-state index in [4.69, 9.17) is 0 Å². The molecule has 0 aliphatic carbocycles. The first-order chi connectivity index (χ1) is 7.00. The van der Waals surface area contributed by atoms with Crippen molar-refractivity contribution in [2.24, 2.45) is 5.92 Å². The summed E-state index contributed by atoms with van der Waals surface area (Å²) in [7, 11) is 0. The third-order valence-electron chi connectivity index (χ3n) is 2.82. The lowest BCUT2D eigenvalue weighted by Crippen LogP contribution is -2.19. The average molecular weight is 205 g/mol. The SMILES string of the molecule is Cc1cc(C)c(CNCC(C)C)cc1C. The van der Waals surface area contributed by atoms with Crippen LogP contribution in [0.3, 0.4) is 0 Å². The third kappa shape index (κ3) is 3.67. The Labute approximate surface area is 93.9 Å². The van der Waals surface area contributed by atoms with E-state index in [-0.39, 0.29) is 0 Å². The third-order valence-corrected chi connectivity index (χ3v) is 2.82. The molecule has 0 spiro atoms. The molecule has 0 aliphatic rings. The summed E-state index contributed by atoms with van der Waals surface area (Å²) < 4.78 is 0. The Bertz CT molecular complexity index is 326. The number of rotatable bonds is 4. The van der Waals surface area contributed by atoms with Gasteiger partial charge in [-0.25, -0.2) is 0 Å². The maximum absolute atomic E-state index is 3.49. The molecule has 1 heteroatoms. The molecule has 0 atom stereocenters. The standard InChI is InChI=1S/C14H23N/c1-10(2)8-15-9-14-7-12(4)11(3)6-13(14)5/h6-7,10,15H,8-9H2,1-5H3. The van der Waals surface area contributed by atoms with Crippen molar-refractivity contribution in [3.05, 3.63) is 34.4 Å². The van der Waals surface area contributed by atoms with Crippen molar-refractivity contribution >= 4 is 0 Å². The fourth-order valence-electron chi connectivity index (χ4n) is 1.71. The van der Waals surface area contributed by atoms with Crippen molar-refractivity contribution in [3.8, 4) is 0 Å². The molecule has 0 saturated carbocycles. The zero-order chi connectivity index (χ0) is 11.4. The molecule has 0 aromatic heterocycles. The van der Waals surface area contributed by atoms with Crippen molar-refractivity contribution in [1.29, 1.82) is 0 Å². The van der Waals surface area contributed by atoms with Gasteiger partial charge in [0.05, 0.1) is 0 Å². The predicted octanol–water partition coefficient (Wildman–Crippen LogP) is 3.36. The molecule has 0 unspecified atom stereocenters. The van der Waals surface area contributed by atoms with Gasteiger partial charge in [0.2, 0.25) is 0 Å². The molecule has 1 nitrogen and oxygen atoms in total. The van der Waals surface area contributed by atoms with Gasteiger partial charge in [-0.2, -0.15) is 0 Å². The molecule has 1 N–H and O–H groups in total. The second kappa shape index (κ2) is 5.32. The Morgan fingerprint density at radius 3 is 2.20 bits per heavy atom. The van der Waals surface area contributed by atoms with E-state index in [9.17, 15) is 0 Å². The largest absolute Gasteiger partial charge is 0.312 e. The van der Waals surface area contributed by atoms with E-state index in [0.717, 1.165) is 19.0 Å². The first-order valence-electron chi connectivity index (χ1n) is 5.78. The lowest BCUT2D eigenvalue weighted by atomic mass is 10.0. The van der Waals surface area contributed by atoms with Crippen LogP contribution in [0.2, 0.25) is 0 Å². The summed E-state index contributed by atoms with van der Waals surface area (Å²) in [5.41, 5.74) is 5.61. The summed E-state index contributed by atoms with van der Waals surface area (Å²) >= 11 is 0. The lowest BCUT2D eigenvalue weighted by molar-refractivity contribution is 0.551. The first-order valence-corrected chi connectivity index (χ1v) is 5.78. The van der Waals surface area contributed by atoms with Crippen molar-refractivity contribution < 1.29 is 0 Å². The molecule has 1 rings (SSSR count). The Balaban J connectivity index is 2.65. The van der Waals surface area contributed by atoms with Gasteiger partial charge >= 0.3 is 0 Å². The zero-order valence-corrected chi connectivity index (χ0v) is 10.6. The normalized spacial score (nSPS) is 11.1. The molecular weight excluding hydrogens is 182 g/mol. The molecule has 84 valence electrons. The molecule has 0 amide bonds. The molecule has 0 radical (unpaired) electrons. The average Bonchev–Trinajstić information content (AvgIpc) is 2.13. The minimum atomic E-state index is 0.719. The highest BCUT2D eigenvalue weighted by molar-refractivity contribution is 5.36. The quantitative estimate of drug-likeness (QED) is 0.795. The summed E-state index contributed by atoms with van der Waals surface area (Å²) in [5, 5.41) is 3.49.